The molecule has 2 heterocycles. The van der Waals surface area contributed by atoms with Gasteiger partial charge in [-0.2, -0.15) is 5.26 Å². The van der Waals surface area contributed by atoms with E-state index in [9.17, 15) is 0 Å². The zero-order valence-electron chi connectivity index (χ0n) is 8.29. The zero-order chi connectivity index (χ0) is 9.86. The molecule has 0 N–H and O–H groups in total. The number of hydrogen-bond acceptors (Lipinski definition) is 3. The number of nitrogens with zero attached hydrogens (tertiary/aromatic N) is 1. The third-order valence-electron chi connectivity index (χ3n) is 2.93. The molecule has 3 nitrogen and oxygen atoms in total. The van der Waals surface area contributed by atoms with Gasteiger partial charge in [-0.1, -0.05) is 0 Å². The second-order valence-electron chi connectivity index (χ2n) is 3.94. The van der Waals surface area contributed by atoms with Crippen LogP contribution in [0, 0.1) is 11.3 Å². The van der Waals surface area contributed by atoms with Crippen molar-refractivity contribution in [1.82, 2.24) is 0 Å². The fraction of sp³-hybridized carbons (Fsp3) is 0.727. The Morgan fingerprint density at radius 1 is 1.29 bits per heavy atom. The minimum Gasteiger partial charge on any atom is -0.350 e. The second-order valence-corrected chi connectivity index (χ2v) is 3.94. The normalized spacial score (nSPS) is 35.8. The van der Waals surface area contributed by atoms with Gasteiger partial charge < -0.3 is 9.47 Å². The second kappa shape index (κ2) is 4.12. The SMILES string of the molecule is N#C/C=C1\CCC2(CCCCO2)OC1. The first-order valence-corrected chi connectivity index (χ1v) is 5.20. The average Bonchev–Trinajstić information content (AvgIpc) is 2.24. The summed E-state index contributed by atoms with van der Waals surface area (Å²) in [6, 6.07) is 2.05. The summed E-state index contributed by atoms with van der Waals surface area (Å²) in [5.41, 5.74) is 1.09. The van der Waals surface area contributed by atoms with E-state index in [0.717, 1.165) is 37.9 Å². The van der Waals surface area contributed by atoms with E-state index in [4.69, 9.17) is 14.7 Å². The van der Waals surface area contributed by atoms with Gasteiger partial charge in [0.2, 0.25) is 0 Å². The van der Waals surface area contributed by atoms with E-state index in [2.05, 4.69) is 0 Å². The third-order valence-corrected chi connectivity index (χ3v) is 2.93. The summed E-state index contributed by atoms with van der Waals surface area (Å²) in [6.45, 7) is 1.38. The lowest BCUT2D eigenvalue weighted by molar-refractivity contribution is -0.263. The van der Waals surface area contributed by atoms with E-state index in [1.54, 1.807) is 6.08 Å². The summed E-state index contributed by atoms with van der Waals surface area (Å²) in [7, 11) is 0. The highest BCUT2D eigenvalue weighted by molar-refractivity contribution is 5.15. The first kappa shape index (κ1) is 9.70. The molecule has 1 unspecified atom stereocenters. The first-order valence-electron chi connectivity index (χ1n) is 5.20. The lowest BCUT2D eigenvalue weighted by atomic mass is 9.95. The molecule has 0 aliphatic carbocycles. The standard InChI is InChI=1S/C11H15NO2/c12-7-4-10-3-6-11(14-9-10)5-1-2-8-13-11/h4H,1-3,5-6,8-9H2/b10-4+. The monoisotopic (exact) mass is 193 g/mol. The van der Waals surface area contributed by atoms with Gasteiger partial charge in [0.25, 0.3) is 0 Å². The molecular weight excluding hydrogens is 178 g/mol. The van der Waals surface area contributed by atoms with E-state index < -0.39 is 0 Å². The van der Waals surface area contributed by atoms with Crippen LogP contribution >= 0.6 is 0 Å². The van der Waals surface area contributed by atoms with Crippen LogP contribution in [0.25, 0.3) is 0 Å². The summed E-state index contributed by atoms with van der Waals surface area (Å²) >= 11 is 0. The molecule has 0 bridgehead atoms. The molecule has 3 heteroatoms. The van der Waals surface area contributed by atoms with E-state index in [1.165, 1.54) is 6.42 Å². The van der Waals surface area contributed by atoms with Crippen molar-refractivity contribution in [3.8, 4) is 6.07 Å². The molecule has 0 amide bonds. The quantitative estimate of drug-likeness (QED) is 0.553. The Morgan fingerprint density at radius 2 is 2.21 bits per heavy atom. The van der Waals surface area contributed by atoms with E-state index in [-0.39, 0.29) is 5.79 Å². The van der Waals surface area contributed by atoms with Crippen molar-refractivity contribution in [2.24, 2.45) is 0 Å². The minimum atomic E-state index is -0.314. The van der Waals surface area contributed by atoms with Crippen LogP contribution in [0.5, 0.6) is 0 Å². The Hall–Kier alpha value is -0.850. The van der Waals surface area contributed by atoms with Gasteiger partial charge in [0.1, 0.15) is 0 Å². The molecule has 1 spiro atoms. The molecule has 1 atom stereocenters. The molecular formula is C11H15NO2. The summed E-state index contributed by atoms with van der Waals surface area (Å²) in [5.74, 6) is -0.314. The number of hydrogen-bond donors (Lipinski definition) is 0. The molecule has 0 aromatic carbocycles. The Bertz CT molecular complexity index is 260. The van der Waals surface area contributed by atoms with Gasteiger partial charge in [-0.25, -0.2) is 0 Å². The van der Waals surface area contributed by atoms with Crippen molar-refractivity contribution < 1.29 is 9.47 Å². The number of rotatable bonds is 0. The molecule has 0 aromatic heterocycles. The fourth-order valence-corrected chi connectivity index (χ4v) is 2.06. The molecule has 0 aromatic rings. The molecule has 14 heavy (non-hydrogen) atoms. The van der Waals surface area contributed by atoms with Gasteiger partial charge in [0.15, 0.2) is 5.79 Å². The molecule has 2 rings (SSSR count). The van der Waals surface area contributed by atoms with Crippen molar-refractivity contribution in [3.63, 3.8) is 0 Å². The topological polar surface area (TPSA) is 42.2 Å². The Morgan fingerprint density at radius 3 is 2.79 bits per heavy atom. The van der Waals surface area contributed by atoms with E-state index in [1.807, 2.05) is 6.07 Å². The Balaban J connectivity index is 1.94. The lowest BCUT2D eigenvalue weighted by Gasteiger charge is -2.40. The summed E-state index contributed by atoms with van der Waals surface area (Å²) in [4.78, 5) is 0. The van der Waals surface area contributed by atoms with Crippen LogP contribution in [0.2, 0.25) is 0 Å². The third kappa shape index (κ3) is 1.97. The van der Waals surface area contributed by atoms with Gasteiger partial charge >= 0.3 is 0 Å². The highest BCUT2D eigenvalue weighted by atomic mass is 16.7. The van der Waals surface area contributed by atoms with Gasteiger partial charge in [-0.05, 0) is 24.8 Å². The van der Waals surface area contributed by atoms with Crippen LogP contribution < -0.4 is 0 Å². The highest BCUT2D eigenvalue weighted by Crippen LogP contribution is 2.35. The zero-order valence-corrected chi connectivity index (χ0v) is 8.29. The lowest BCUT2D eigenvalue weighted by Crippen LogP contribution is -2.42. The van der Waals surface area contributed by atoms with Crippen molar-refractivity contribution in [2.45, 2.75) is 37.9 Å². The number of ether oxygens (including phenoxy) is 2. The summed E-state index contributed by atoms with van der Waals surface area (Å²) in [5, 5.41) is 8.51. The van der Waals surface area contributed by atoms with Gasteiger partial charge in [0, 0.05) is 18.9 Å². The maximum Gasteiger partial charge on any atom is 0.169 e. The summed E-state index contributed by atoms with van der Waals surface area (Å²) < 4.78 is 11.4. The molecule has 2 aliphatic rings. The molecule has 2 fully saturated rings. The molecule has 0 saturated carbocycles. The Kier molecular flexibility index (Phi) is 2.85. The van der Waals surface area contributed by atoms with E-state index >= 15 is 0 Å². The van der Waals surface area contributed by atoms with Gasteiger partial charge in [0.05, 0.1) is 19.3 Å². The van der Waals surface area contributed by atoms with Crippen LogP contribution in [0.4, 0.5) is 0 Å². The maximum absolute atomic E-state index is 8.51. The van der Waals surface area contributed by atoms with Crippen molar-refractivity contribution in [3.05, 3.63) is 11.6 Å². The van der Waals surface area contributed by atoms with Crippen molar-refractivity contribution in [2.75, 3.05) is 13.2 Å². The van der Waals surface area contributed by atoms with Crippen LogP contribution in [0.3, 0.4) is 0 Å². The summed E-state index contributed by atoms with van der Waals surface area (Å²) in [6.07, 6.45) is 6.78. The number of allylic oxidation sites excluding steroid dienone is 1. The molecule has 2 aliphatic heterocycles. The molecule has 0 radical (unpaired) electrons. The predicted molar refractivity (Wildman–Crippen MR) is 51.4 cm³/mol. The van der Waals surface area contributed by atoms with Crippen LogP contribution in [-0.2, 0) is 9.47 Å². The van der Waals surface area contributed by atoms with Crippen LogP contribution in [0.1, 0.15) is 32.1 Å². The molecule has 2 saturated heterocycles. The number of nitriles is 1. The van der Waals surface area contributed by atoms with Gasteiger partial charge in [-0.15, -0.1) is 0 Å². The Labute approximate surface area is 84.3 Å². The average molecular weight is 193 g/mol. The molecule has 76 valence electrons. The fourth-order valence-electron chi connectivity index (χ4n) is 2.06. The van der Waals surface area contributed by atoms with Crippen LogP contribution in [0.15, 0.2) is 11.6 Å². The predicted octanol–water partition coefficient (Wildman–Crippen LogP) is 2.14. The smallest absolute Gasteiger partial charge is 0.169 e. The first-order chi connectivity index (χ1) is 6.85. The van der Waals surface area contributed by atoms with Gasteiger partial charge in [-0.3, -0.25) is 0 Å². The van der Waals surface area contributed by atoms with Crippen molar-refractivity contribution >= 4 is 0 Å². The maximum atomic E-state index is 8.51. The highest BCUT2D eigenvalue weighted by Gasteiger charge is 2.36. The van der Waals surface area contributed by atoms with Crippen LogP contribution in [-0.4, -0.2) is 19.0 Å². The largest absolute Gasteiger partial charge is 0.350 e. The van der Waals surface area contributed by atoms with E-state index in [0.29, 0.717) is 6.61 Å². The minimum absolute atomic E-state index is 0.314. The van der Waals surface area contributed by atoms with Crippen molar-refractivity contribution in [1.29, 1.82) is 5.26 Å².